The lowest BCUT2D eigenvalue weighted by atomic mass is 10.2. The first-order valence-corrected chi connectivity index (χ1v) is 9.24. The van der Waals surface area contributed by atoms with Crippen LogP contribution in [0.1, 0.15) is 5.56 Å². The van der Waals surface area contributed by atoms with Gasteiger partial charge >= 0.3 is 17.1 Å². The number of hydrogen-bond acceptors (Lipinski definition) is 4. The number of nitrogens with zero attached hydrogens (tertiary/aromatic N) is 4. The van der Waals surface area contributed by atoms with E-state index in [0.717, 1.165) is 23.7 Å². The van der Waals surface area contributed by atoms with Crippen LogP contribution >= 0.6 is 15.9 Å². The van der Waals surface area contributed by atoms with E-state index in [1.807, 2.05) is 24.3 Å². The minimum atomic E-state index is -0.849. The van der Waals surface area contributed by atoms with Gasteiger partial charge in [-0.25, -0.2) is 28.1 Å². The van der Waals surface area contributed by atoms with Crippen molar-refractivity contribution in [3.63, 3.8) is 0 Å². The van der Waals surface area contributed by atoms with Gasteiger partial charge in [0.05, 0.1) is 13.1 Å². The molecule has 0 aliphatic carbocycles. The van der Waals surface area contributed by atoms with Crippen molar-refractivity contribution < 1.29 is 4.79 Å². The monoisotopic (exact) mass is 448 g/mol. The highest BCUT2D eigenvalue weighted by Gasteiger charge is 2.18. The Hall–Kier alpha value is -2.94. The number of aromatic nitrogens is 3. The van der Waals surface area contributed by atoms with E-state index in [9.17, 15) is 19.2 Å². The minimum absolute atomic E-state index is 0.0733. The predicted octanol–water partition coefficient (Wildman–Crippen LogP) is 0.965. The van der Waals surface area contributed by atoms with E-state index in [1.165, 1.54) is 17.1 Å². The fourth-order valence-electron chi connectivity index (χ4n) is 2.61. The number of rotatable bonds is 8. The van der Waals surface area contributed by atoms with E-state index in [2.05, 4.69) is 29.1 Å². The zero-order chi connectivity index (χ0) is 20.8. The van der Waals surface area contributed by atoms with Gasteiger partial charge in [-0.1, -0.05) is 46.3 Å². The van der Waals surface area contributed by atoms with Gasteiger partial charge in [0.1, 0.15) is 6.54 Å². The van der Waals surface area contributed by atoms with Crippen LogP contribution in [0.25, 0.3) is 0 Å². The van der Waals surface area contributed by atoms with Crippen LogP contribution in [0.2, 0.25) is 0 Å². The van der Waals surface area contributed by atoms with Crippen LogP contribution in [-0.2, 0) is 31.0 Å². The molecule has 0 aliphatic rings. The molecule has 0 N–H and O–H groups in total. The zero-order valence-electron chi connectivity index (χ0n) is 15.5. The Labute approximate surface area is 169 Å². The molecule has 28 heavy (non-hydrogen) atoms. The van der Waals surface area contributed by atoms with E-state index >= 15 is 0 Å². The lowest BCUT2D eigenvalue weighted by Gasteiger charge is -2.19. The van der Waals surface area contributed by atoms with Gasteiger partial charge in [0.2, 0.25) is 5.91 Å². The summed E-state index contributed by atoms with van der Waals surface area (Å²) in [7, 11) is 1.58. The molecule has 0 radical (unpaired) electrons. The molecule has 2 aromatic rings. The maximum atomic E-state index is 12.6. The smallest absolute Gasteiger partial charge is 0.337 e. The second-order valence-corrected chi connectivity index (χ2v) is 6.93. The van der Waals surface area contributed by atoms with Crippen molar-refractivity contribution in [1.82, 2.24) is 18.6 Å². The molecule has 8 nitrogen and oxygen atoms in total. The predicted molar refractivity (Wildman–Crippen MR) is 110 cm³/mol. The van der Waals surface area contributed by atoms with Crippen molar-refractivity contribution in [2.45, 2.75) is 26.2 Å². The van der Waals surface area contributed by atoms with Crippen molar-refractivity contribution in [2.75, 3.05) is 7.05 Å². The highest BCUT2D eigenvalue weighted by Crippen LogP contribution is 2.17. The summed E-state index contributed by atoms with van der Waals surface area (Å²) >= 11 is 3.42. The number of allylic oxidation sites excluding steroid dienone is 2. The van der Waals surface area contributed by atoms with Crippen LogP contribution < -0.4 is 17.1 Å². The quantitative estimate of drug-likeness (QED) is 0.562. The van der Waals surface area contributed by atoms with Crippen LogP contribution in [0, 0.1) is 0 Å². The molecular formula is C19H21BrN4O4. The van der Waals surface area contributed by atoms with Gasteiger partial charge in [-0.15, -0.1) is 13.2 Å². The molecule has 0 saturated heterocycles. The maximum absolute atomic E-state index is 12.6. The first-order valence-electron chi connectivity index (χ1n) is 8.45. The number of amides is 1. The Bertz CT molecular complexity index is 1030. The van der Waals surface area contributed by atoms with Crippen LogP contribution in [0.15, 0.2) is 68.4 Å². The zero-order valence-corrected chi connectivity index (χ0v) is 17.1. The van der Waals surface area contributed by atoms with Gasteiger partial charge in [0.25, 0.3) is 0 Å². The molecule has 0 unspecified atom stereocenters. The Morgan fingerprint density at radius 1 is 1.00 bits per heavy atom. The Kier molecular flexibility index (Phi) is 7.11. The van der Waals surface area contributed by atoms with Gasteiger partial charge in [0, 0.05) is 18.1 Å². The molecule has 0 atom stereocenters. The molecule has 9 heteroatoms. The summed E-state index contributed by atoms with van der Waals surface area (Å²) in [5.41, 5.74) is -1.58. The summed E-state index contributed by atoms with van der Waals surface area (Å²) in [6.07, 6.45) is 2.74. The molecule has 1 heterocycles. The lowest BCUT2D eigenvalue weighted by Crippen LogP contribution is -2.55. The number of likely N-dealkylation sites (N-methyl/N-ethyl adjacent to an activating group) is 1. The number of halogens is 1. The fourth-order valence-corrected chi connectivity index (χ4v) is 3.02. The summed E-state index contributed by atoms with van der Waals surface area (Å²) in [5.74, 6) is -0.441. The Balaban J connectivity index is 2.40. The number of benzene rings is 1. The molecule has 0 bridgehead atoms. The summed E-state index contributed by atoms with van der Waals surface area (Å²) in [6.45, 7) is 6.70. The highest BCUT2D eigenvalue weighted by molar-refractivity contribution is 9.10. The highest BCUT2D eigenvalue weighted by atomic mass is 79.9. The average Bonchev–Trinajstić information content (AvgIpc) is 2.67. The van der Waals surface area contributed by atoms with Gasteiger partial charge < -0.3 is 4.90 Å². The van der Waals surface area contributed by atoms with Crippen LogP contribution in [0.4, 0.5) is 0 Å². The maximum Gasteiger partial charge on any atom is 0.337 e. The number of carbonyl (C=O) groups excluding carboxylic acids is 1. The van der Waals surface area contributed by atoms with Gasteiger partial charge in [-0.2, -0.15) is 0 Å². The Morgan fingerprint density at radius 3 is 2.00 bits per heavy atom. The summed E-state index contributed by atoms with van der Waals surface area (Å²) in [4.78, 5) is 51.6. The van der Waals surface area contributed by atoms with Crippen molar-refractivity contribution >= 4 is 21.8 Å². The summed E-state index contributed by atoms with van der Waals surface area (Å²) in [5, 5.41) is 0. The van der Waals surface area contributed by atoms with Gasteiger partial charge in [0.15, 0.2) is 0 Å². The second-order valence-electron chi connectivity index (χ2n) is 6.07. The molecule has 1 aromatic carbocycles. The van der Waals surface area contributed by atoms with E-state index in [-0.39, 0.29) is 13.1 Å². The Morgan fingerprint density at radius 2 is 1.50 bits per heavy atom. The number of carbonyl (C=O) groups is 1. The summed E-state index contributed by atoms with van der Waals surface area (Å²) < 4.78 is 3.32. The van der Waals surface area contributed by atoms with Crippen LogP contribution in [0.5, 0.6) is 0 Å². The largest absolute Gasteiger partial charge is 0.340 e. The molecule has 0 aliphatic heterocycles. The second kappa shape index (κ2) is 9.32. The molecular weight excluding hydrogens is 428 g/mol. The normalized spacial score (nSPS) is 10.5. The SMILES string of the molecule is C=CCn1c(=O)n(CC=C)c(=O)n(CC(=O)N(C)Cc2ccccc2Br)c1=O. The van der Waals surface area contributed by atoms with Gasteiger partial charge in [-0.3, -0.25) is 4.79 Å². The lowest BCUT2D eigenvalue weighted by molar-refractivity contribution is -0.131. The van der Waals surface area contributed by atoms with Crippen molar-refractivity contribution in [3.05, 3.63) is 91.1 Å². The van der Waals surface area contributed by atoms with Gasteiger partial charge in [-0.05, 0) is 11.6 Å². The third-order valence-corrected chi connectivity index (χ3v) is 4.87. The van der Waals surface area contributed by atoms with E-state index in [1.54, 1.807) is 7.05 Å². The molecule has 0 saturated carbocycles. The van der Waals surface area contributed by atoms with E-state index in [4.69, 9.17) is 0 Å². The summed E-state index contributed by atoms with van der Waals surface area (Å²) in [6, 6.07) is 7.43. The average molecular weight is 449 g/mol. The van der Waals surface area contributed by atoms with Crippen molar-refractivity contribution in [1.29, 1.82) is 0 Å². The van der Waals surface area contributed by atoms with Crippen molar-refractivity contribution in [3.8, 4) is 0 Å². The first-order chi connectivity index (χ1) is 13.3. The fraction of sp³-hybridized carbons (Fsp3) is 0.263. The molecule has 148 valence electrons. The van der Waals surface area contributed by atoms with E-state index < -0.39 is 29.5 Å². The molecule has 1 amide bonds. The molecule has 0 fully saturated rings. The number of hydrogen-bond donors (Lipinski definition) is 0. The molecule has 1 aromatic heterocycles. The third kappa shape index (κ3) is 4.48. The molecule has 0 spiro atoms. The standard InChI is InChI=1S/C19H21BrN4O4/c1-4-10-22-17(26)23(11-5-2)19(28)24(18(22)27)13-16(25)21(3)12-14-8-6-7-9-15(14)20/h4-9H,1-2,10-13H2,3H3. The minimum Gasteiger partial charge on any atom is -0.340 e. The van der Waals surface area contributed by atoms with Crippen LogP contribution in [0.3, 0.4) is 0 Å². The topological polar surface area (TPSA) is 86.3 Å². The van der Waals surface area contributed by atoms with E-state index in [0.29, 0.717) is 6.54 Å². The third-order valence-electron chi connectivity index (χ3n) is 4.09. The molecule has 2 rings (SSSR count). The van der Waals surface area contributed by atoms with Crippen molar-refractivity contribution in [2.24, 2.45) is 0 Å². The van der Waals surface area contributed by atoms with Crippen LogP contribution in [-0.4, -0.2) is 31.6 Å². The first kappa shape index (κ1) is 21.4.